The highest BCUT2D eigenvalue weighted by Crippen LogP contribution is 2.35. The van der Waals surface area contributed by atoms with Gasteiger partial charge in [-0.15, -0.1) is 11.3 Å². The second kappa shape index (κ2) is 3.03. The maximum Gasteiger partial charge on any atom is 0.0659 e. The largest absolute Gasteiger partial charge is 0.323 e. The highest BCUT2D eigenvalue weighted by atomic mass is 127. The van der Waals surface area contributed by atoms with E-state index in [9.17, 15) is 0 Å². The van der Waals surface area contributed by atoms with Gasteiger partial charge in [0.05, 0.1) is 2.88 Å². The first-order valence-corrected chi connectivity index (χ1v) is 5.70. The zero-order chi connectivity index (χ0) is 7.84. The van der Waals surface area contributed by atoms with Crippen LogP contribution >= 0.6 is 33.9 Å². The predicted molar refractivity (Wildman–Crippen MR) is 56.9 cm³/mol. The van der Waals surface area contributed by atoms with Crippen LogP contribution in [0, 0.1) is 2.88 Å². The minimum Gasteiger partial charge on any atom is -0.323 e. The van der Waals surface area contributed by atoms with Crippen molar-refractivity contribution in [3.05, 3.63) is 19.4 Å². The van der Waals surface area contributed by atoms with E-state index in [2.05, 4.69) is 28.7 Å². The Bertz CT molecular complexity index is 269. The van der Waals surface area contributed by atoms with Gasteiger partial charge < -0.3 is 5.73 Å². The Morgan fingerprint density at radius 1 is 1.64 bits per heavy atom. The van der Waals surface area contributed by atoms with Crippen LogP contribution in [-0.4, -0.2) is 0 Å². The maximum absolute atomic E-state index is 5.97. The number of hydrogen-bond donors (Lipinski definition) is 1. The number of halogens is 1. The molecule has 1 aromatic heterocycles. The van der Waals surface area contributed by atoms with Crippen LogP contribution in [0.15, 0.2) is 6.07 Å². The molecule has 1 aliphatic carbocycles. The minimum atomic E-state index is 0.326. The Hall–Kier alpha value is 0.390. The van der Waals surface area contributed by atoms with Gasteiger partial charge in [0.25, 0.3) is 0 Å². The van der Waals surface area contributed by atoms with Crippen molar-refractivity contribution in [3.8, 4) is 0 Å². The summed E-state index contributed by atoms with van der Waals surface area (Å²) in [7, 11) is 0. The van der Waals surface area contributed by atoms with Crippen LogP contribution in [0.3, 0.4) is 0 Å². The normalized spacial score (nSPS) is 23.3. The molecule has 2 N–H and O–H groups in total. The molecule has 0 amide bonds. The summed E-state index contributed by atoms with van der Waals surface area (Å²) >= 11 is 4.23. The van der Waals surface area contributed by atoms with Crippen LogP contribution in [0.5, 0.6) is 0 Å². The van der Waals surface area contributed by atoms with Crippen molar-refractivity contribution in [2.75, 3.05) is 0 Å². The van der Waals surface area contributed by atoms with Crippen LogP contribution in [0.25, 0.3) is 0 Å². The molecule has 1 aromatic rings. The molecule has 11 heavy (non-hydrogen) atoms. The monoisotopic (exact) mass is 279 g/mol. The molecule has 2 rings (SSSR count). The van der Waals surface area contributed by atoms with Gasteiger partial charge in [-0.2, -0.15) is 0 Å². The number of hydrogen-bond acceptors (Lipinski definition) is 2. The second-order valence-corrected chi connectivity index (χ2v) is 5.92. The Kier molecular flexibility index (Phi) is 2.21. The summed E-state index contributed by atoms with van der Waals surface area (Å²) in [6, 6.07) is 2.60. The zero-order valence-corrected chi connectivity index (χ0v) is 9.11. The van der Waals surface area contributed by atoms with Gasteiger partial charge in [-0.1, -0.05) is 0 Å². The lowest BCUT2D eigenvalue weighted by molar-refractivity contribution is 0.582. The first-order chi connectivity index (χ1) is 5.27. The molecule has 1 unspecified atom stereocenters. The molecule has 0 spiro atoms. The van der Waals surface area contributed by atoms with E-state index in [0.29, 0.717) is 6.04 Å². The van der Waals surface area contributed by atoms with Crippen LogP contribution in [0.2, 0.25) is 0 Å². The lowest BCUT2D eigenvalue weighted by Gasteiger charge is -2.17. The Labute approximate surface area is 84.1 Å². The Morgan fingerprint density at radius 3 is 3.18 bits per heavy atom. The Morgan fingerprint density at radius 2 is 2.45 bits per heavy atom. The van der Waals surface area contributed by atoms with E-state index in [0.717, 1.165) is 0 Å². The summed E-state index contributed by atoms with van der Waals surface area (Å²) in [5.74, 6) is 0. The summed E-state index contributed by atoms with van der Waals surface area (Å²) in [5.41, 5.74) is 7.47. The molecule has 3 heteroatoms. The summed E-state index contributed by atoms with van der Waals surface area (Å²) in [6.45, 7) is 0. The molecule has 60 valence electrons. The van der Waals surface area contributed by atoms with Crippen molar-refractivity contribution in [1.29, 1.82) is 0 Å². The van der Waals surface area contributed by atoms with Gasteiger partial charge in [0.1, 0.15) is 0 Å². The highest BCUT2D eigenvalue weighted by Gasteiger charge is 2.18. The lowest BCUT2D eigenvalue weighted by atomic mass is 9.96. The summed E-state index contributed by atoms with van der Waals surface area (Å²) in [4.78, 5) is 1.43. The molecule has 0 radical (unpaired) electrons. The van der Waals surface area contributed by atoms with Crippen LogP contribution in [-0.2, 0) is 6.42 Å². The lowest BCUT2D eigenvalue weighted by Crippen LogP contribution is -2.14. The van der Waals surface area contributed by atoms with E-state index in [-0.39, 0.29) is 0 Å². The average Bonchev–Trinajstić information content (AvgIpc) is 2.31. The van der Waals surface area contributed by atoms with Gasteiger partial charge in [0.2, 0.25) is 0 Å². The van der Waals surface area contributed by atoms with Crippen molar-refractivity contribution in [2.24, 2.45) is 5.73 Å². The van der Waals surface area contributed by atoms with E-state index in [1.807, 2.05) is 11.3 Å². The van der Waals surface area contributed by atoms with Gasteiger partial charge in [-0.3, -0.25) is 0 Å². The maximum atomic E-state index is 5.97. The molecule has 1 heterocycles. The van der Waals surface area contributed by atoms with Crippen LogP contribution in [0.4, 0.5) is 0 Å². The molecule has 1 aliphatic rings. The molecule has 1 nitrogen and oxygen atoms in total. The number of rotatable bonds is 0. The topological polar surface area (TPSA) is 26.0 Å². The van der Waals surface area contributed by atoms with Crippen molar-refractivity contribution < 1.29 is 0 Å². The SMILES string of the molecule is NC1CCCc2cc(I)sc21. The smallest absolute Gasteiger partial charge is 0.0659 e. The van der Waals surface area contributed by atoms with Gasteiger partial charge in [-0.25, -0.2) is 0 Å². The van der Waals surface area contributed by atoms with Crippen LogP contribution in [0.1, 0.15) is 29.3 Å². The fourth-order valence-corrected chi connectivity index (χ4v) is 3.62. The molecular weight excluding hydrogens is 269 g/mol. The molecule has 0 saturated carbocycles. The number of fused-ring (bicyclic) bond motifs is 1. The van der Waals surface area contributed by atoms with Gasteiger partial charge in [0.15, 0.2) is 0 Å². The minimum absolute atomic E-state index is 0.326. The molecule has 1 atom stereocenters. The average molecular weight is 279 g/mol. The molecule has 0 fully saturated rings. The summed E-state index contributed by atoms with van der Waals surface area (Å²) in [5, 5.41) is 0. The van der Waals surface area contributed by atoms with E-state index in [1.54, 1.807) is 0 Å². The first-order valence-electron chi connectivity index (χ1n) is 3.81. The molecule has 0 aliphatic heterocycles. The molecule has 0 bridgehead atoms. The summed E-state index contributed by atoms with van der Waals surface area (Å²) in [6.07, 6.45) is 3.67. The third-order valence-electron chi connectivity index (χ3n) is 2.11. The van der Waals surface area contributed by atoms with E-state index in [1.165, 1.54) is 32.6 Å². The van der Waals surface area contributed by atoms with E-state index >= 15 is 0 Å². The van der Waals surface area contributed by atoms with E-state index < -0.39 is 0 Å². The molecular formula is C8H10INS. The highest BCUT2D eigenvalue weighted by molar-refractivity contribution is 14.1. The standard InChI is InChI=1S/C8H10INS/c9-7-4-5-2-1-3-6(10)8(5)11-7/h4,6H,1-3,10H2. The van der Waals surface area contributed by atoms with E-state index in [4.69, 9.17) is 5.73 Å². The number of nitrogens with two attached hydrogens (primary N) is 1. The van der Waals surface area contributed by atoms with Gasteiger partial charge in [-0.05, 0) is 53.5 Å². The van der Waals surface area contributed by atoms with Crippen molar-refractivity contribution in [1.82, 2.24) is 0 Å². The Balaban J connectivity index is 2.43. The molecule has 0 aromatic carbocycles. The van der Waals surface area contributed by atoms with Crippen molar-refractivity contribution in [2.45, 2.75) is 25.3 Å². The second-order valence-electron chi connectivity index (χ2n) is 2.94. The third-order valence-corrected chi connectivity index (χ3v) is 4.18. The number of thiophene rings is 1. The van der Waals surface area contributed by atoms with Gasteiger partial charge >= 0.3 is 0 Å². The zero-order valence-electron chi connectivity index (χ0n) is 6.14. The quantitative estimate of drug-likeness (QED) is 0.726. The van der Waals surface area contributed by atoms with Crippen LogP contribution < -0.4 is 5.73 Å². The first kappa shape index (κ1) is 8.01. The van der Waals surface area contributed by atoms with Crippen molar-refractivity contribution in [3.63, 3.8) is 0 Å². The summed E-state index contributed by atoms with van der Waals surface area (Å²) < 4.78 is 1.38. The predicted octanol–water partition coefficient (Wildman–Crippen LogP) is 2.69. The fraction of sp³-hybridized carbons (Fsp3) is 0.500. The van der Waals surface area contributed by atoms with Gasteiger partial charge in [0, 0.05) is 10.9 Å². The molecule has 0 saturated heterocycles. The number of aryl methyl sites for hydroxylation is 1. The third kappa shape index (κ3) is 1.46. The fourth-order valence-electron chi connectivity index (χ4n) is 1.56. The van der Waals surface area contributed by atoms with Crippen molar-refractivity contribution >= 4 is 33.9 Å².